The minimum absolute atomic E-state index is 0.00823. The molecule has 0 saturated carbocycles. The van der Waals surface area contributed by atoms with Crippen molar-refractivity contribution in [2.75, 3.05) is 33.8 Å². The maximum atomic E-state index is 12.6. The topological polar surface area (TPSA) is 53.0 Å². The number of amides is 1. The van der Waals surface area contributed by atoms with E-state index in [1.165, 1.54) is 5.56 Å². The molecule has 0 bridgehead atoms. The Morgan fingerprint density at radius 3 is 2.71 bits per heavy atom. The number of fused-ring (bicyclic) bond motifs is 1. The Bertz CT molecular complexity index is 854. The average molecular weight is 427 g/mol. The molecule has 0 aromatic heterocycles. The molecule has 170 valence electrons. The molecule has 1 N–H and O–H groups in total. The van der Waals surface area contributed by atoms with Crippen molar-refractivity contribution in [3.63, 3.8) is 0 Å². The fraction of sp³-hybridized carbons (Fsp3) is 0.577. The Morgan fingerprint density at radius 2 is 2.03 bits per heavy atom. The summed E-state index contributed by atoms with van der Waals surface area (Å²) in [6, 6.07) is 5.69. The molecule has 1 fully saturated rings. The number of ether oxygens (including phenoxy) is 1. The van der Waals surface area contributed by atoms with E-state index in [9.17, 15) is 9.90 Å². The van der Waals surface area contributed by atoms with Crippen LogP contribution in [0.25, 0.3) is 0 Å². The first kappa shape index (κ1) is 23.4. The number of hydrogen-bond acceptors (Lipinski definition) is 4. The van der Waals surface area contributed by atoms with E-state index in [0.717, 1.165) is 31.5 Å². The van der Waals surface area contributed by atoms with Crippen LogP contribution in [0.15, 0.2) is 42.0 Å². The third-order valence-electron chi connectivity index (χ3n) is 6.53. The maximum Gasteiger partial charge on any atom is 0.249 e. The Labute approximate surface area is 187 Å². The number of likely N-dealkylation sites (tertiary alicyclic amines) is 1. The Kier molecular flexibility index (Phi) is 7.15. The number of nitrogens with zero attached hydrogens (tertiary/aromatic N) is 2. The Hall–Kier alpha value is -2.27. The lowest BCUT2D eigenvalue weighted by Gasteiger charge is -2.36. The number of aryl methyl sites for hydroxylation is 1. The van der Waals surface area contributed by atoms with E-state index in [1.807, 2.05) is 38.4 Å². The number of rotatable bonds is 8. The van der Waals surface area contributed by atoms with Gasteiger partial charge in [-0.05, 0) is 56.2 Å². The summed E-state index contributed by atoms with van der Waals surface area (Å²) < 4.78 is 5.78. The predicted molar refractivity (Wildman–Crippen MR) is 125 cm³/mol. The number of phenolic OH excluding ortho intramolecular Hbond substituents is 1. The molecule has 0 radical (unpaired) electrons. The maximum absolute atomic E-state index is 12.6. The largest absolute Gasteiger partial charge is 0.504 e. The van der Waals surface area contributed by atoms with E-state index in [2.05, 4.69) is 38.7 Å². The predicted octanol–water partition coefficient (Wildman–Crippen LogP) is 4.27. The fourth-order valence-corrected chi connectivity index (χ4v) is 4.46. The molecule has 1 aromatic carbocycles. The lowest BCUT2D eigenvalue weighted by molar-refractivity contribution is -0.125. The monoisotopic (exact) mass is 426 g/mol. The van der Waals surface area contributed by atoms with Gasteiger partial charge in [-0.1, -0.05) is 38.1 Å². The highest BCUT2D eigenvalue weighted by atomic mass is 16.5. The molecule has 2 aliphatic rings. The number of allylic oxidation sites excluding steroid dienone is 2. The Balaban J connectivity index is 1.64. The number of benzene rings is 1. The zero-order valence-electron chi connectivity index (χ0n) is 19.9. The minimum atomic E-state index is 0.00823. The summed E-state index contributed by atoms with van der Waals surface area (Å²) in [5.41, 5.74) is 2.11. The summed E-state index contributed by atoms with van der Waals surface area (Å²) in [5, 5.41) is 10.1. The number of likely N-dealkylation sites (N-methyl/N-ethyl adjacent to an activating group) is 1. The molecular weight excluding hydrogens is 388 g/mol. The van der Waals surface area contributed by atoms with Gasteiger partial charge in [0.2, 0.25) is 5.91 Å². The SMILES string of the molecule is CC(C)COc1cc(CCC(C)(C)N2CC3C=CC=C(C(=O)N(C)C)C3C2)ccc1O. The van der Waals surface area contributed by atoms with Gasteiger partial charge in [0.1, 0.15) is 0 Å². The summed E-state index contributed by atoms with van der Waals surface area (Å²) in [4.78, 5) is 16.8. The van der Waals surface area contributed by atoms with Crippen LogP contribution in [-0.4, -0.2) is 60.1 Å². The second-order valence-electron chi connectivity index (χ2n) is 10.2. The molecule has 3 rings (SSSR count). The van der Waals surface area contributed by atoms with Gasteiger partial charge in [-0.2, -0.15) is 0 Å². The standard InChI is InChI=1S/C26H38N2O3/c1-18(2)17-31-24-14-19(10-11-23(24)29)12-13-26(3,4)28-15-20-8-7-9-21(22(20)16-28)25(30)27(5)6/h7-11,14,18,20,22,29H,12-13,15-17H2,1-6H3. The zero-order valence-corrected chi connectivity index (χ0v) is 19.9. The highest BCUT2D eigenvalue weighted by molar-refractivity contribution is 5.94. The van der Waals surface area contributed by atoms with Crippen LogP contribution >= 0.6 is 0 Å². The zero-order chi connectivity index (χ0) is 22.8. The van der Waals surface area contributed by atoms with Crippen molar-refractivity contribution < 1.29 is 14.6 Å². The smallest absolute Gasteiger partial charge is 0.249 e. The first-order valence-electron chi connectivity index (χ1n) is 11.4. The molecule has 1 saturated heterocycles. The third kappa shape index (κ3) is 5.51. The van der Waals surface area contributed by atoms with Gasteiger partial charge in [-0.15, -0.1) is 0 Å². The van der Waals surface area contributed by atoms with Crippen LogP contribution in [0.3, 0.4) is 0 Å². The summed E-state index contributed by atoms with van der Waals surface area (Å²) in [5.74, 6) is 1.96. The van der Waals surface area contributed by atoms with Crippen molar-refractivity contribution in [2.45, 2.75) is 46.1 Å². The van der Waals surface area contributed by atoms with Crippen LogP contribution in [0.2, 0.25) is 0 Å². The number of phenols is 1. The van der Waals surface area contributed by atoms with Gasteiger partial charge in [0.15, 0.2) is 11.5 Å². The average Bonchev–Trinajstić information content (AvgIpc) is 3.17. The molecule has 1 heterocycles. The number of carbonyl (C=O) groups is 1. The van der Waals surface area contributed by atoms with Crippen LogP contribution in [0, 0.1) is 17.8 Å². The first-order valence-corrected chi connectivity index (χ1v) is 11.4. The van der Waals surface area contributed by atoms with E-state index in [-0.39, 0.29) is 23.1 Å². The lowest BCUT2D eigenvalue weighted by atomic mass is 9.84. The fourth-order valence-electron chi connectivity index (χ4n) is 4.46. The van der Waals surface area contributed by atoms with Crippen molar-refractivity contribution in [2.24, 2.45) is 17.8 Å². The van der Waals surface area contributed by atoms with E-state index in [0.29, 0.717) is 24.2 Å². The van der Waals surface area contributed by atoms with E-state index in [1.54, 1.807) is 11.0 Å². The quantitative estimate of drug-likeness (QED) is 0.674. The third-order valence-corrected chi connectivity index (χ3v) is 6.53. The van der Waals surface area contributed by atoms with Gasteiger partial charge in [0.25, 0.3) is 0 Å². The molecule has 1 amide bonds. The van der Waals surface area contributed by atoms with Gasteiger partial charge >= 0.3 is 0 Å². The molecule has 5 heteroatoms. The molecule has 5 nitrogen and oxygen atoms in total. The van der Waals surface area contributed by atoms with Crippen molar-refractivity contribution >= 4 is 5.91 Å². The van der Waals surface area contributed by atoms with Gasteiger partial charge in [-0.25, -0.2) is 0 Å². The van der Waals surface area contributed by atoms with Gasteiger partial charge in [0, 0.05) is 44.2 Å². The molecular formula is C26H38N2O3. The normalized spacial score (nSPS) is 21.2. The van der Waals surface area contributed by atoms with Crippen molar-refractivity contribution in [1.29, 1.82) is 0 Å². The van der Waals surface area contributed by atoms with E-state index in [4.69, 9.17) is 4.74 Å². The molecule has 1 aliphatic carbocycles. The van der Waals surface area contributed by atoms with Crippen molar-refractivity contribution in [1.82, 2.24) is 9.80 Å². The van der Waals surface area contributed by atoms with Gasteiger partial charge < -0.3 is 14.7 Å². The van der Waals surface area contributed by atoms with Crippen LogP contribution < -0.4 is 4.74 Å². The summed E-state index contributed by atoms with van der Waals surface area (Å²) in [6.45, 7) is 11.3. The highest BCUT2D eigenvalue weighted by Gasteiger charge is 2.42. The first-order chi connectivity index (χ1) is 14.6. The lowest BCUT2D eigenvalue weighted by Crippen LogP contribution is -2.43. The van der Waals surface area contributed by atoms with E-state index < -0.39 is 0 Å². The van der Waals surface area contributed by atoms with Crippen LogP contribution in [0.4, 0.5) is 0 Å². The van der Waals surface area contributed by atoms with Crippen LogP contribution in [0.1, 0.15) is 39.7 Å². The summed E-state index contributed by atoms with van der Waals surface area (Å²) in [7, 11) is 3.65. The molecule has 1 aliphatic heterocycles. The minimum Gasteiger partial charge on any atom is -0.504 e. The van der Waals surface area contributed by atoms with Gasteiger partial charge in [0.05, 0.1) is 6.61 Å². The number of aromatic hydroxyl groups is 1. The highest BCUT2D eigenvalue weighted by Crippen LogP contribution is 2.39. The van der Waals surface area contributed by atoms with Crippen molar-refractivity contribution in [3.8, 4) is 11.5 Å². The second-order valence-corrected chi connectivity index (χ2v) is 10.2. The summed E-state index contributed by atoms with van der Waals surface area (Å²) in [6.07, 6.45) is 8.20. The molecule has 1 aromatic rings. The van der Waals surface area contributed by atoms with Crippen LogP contribution in [-0.2, 0) is 11.2 Å². The Morgan fingerprint density at radius 1 is 1.29 bits per heavy atom. The number of carbonyl (C=O) groups excluding carboxylic acids is 1. The van der Waals surface area contributed by atoms with Gasteiger partial charge in [-0.3, -0.25) is 9.69 Å². The second kappa shape index (κ2) is 9.47. The summed E-state index contributed by atoms with van der Waals surface area (Å²) >= 11 is 0. The molecule has 31 heavy (non-hydrogen) atoms. The van der Waals surface area contributed by atoms with E-state index >= 15 is 0 Å². The van der Waals surface area contributed by atoms with Crippen LogP contribution in [0.5, 0.6) is 11.5 Å². The van der Waals surface area contributed by atoms with Crippen molar-refractivity contribution in [3.05, 3.63) is 47.6 Å². The molecule has 0 spiro atoms. The number of hydrogen-bond donors (Lipinski definition) is 1. The molecule has 2 unspecified atom stereocenters. The molecule has 2 atom stereocenters.